The molecule has 4 atom stereocenters. The second kappa shape index (κ2) is 13.5. The van der Waals surface area contributed by atoms with Crippen LogP contribution >= 0.6 is 0 Å². The Bertz CT molecular complexity index is 1210. The van der Waals surface area contributed by atoms with Crippen molar-refractivity contribution in [3.63, 3.8) is 0 Å². The van der Waals surface area contributed by atoms with Gasteiger partial charge in [-0.05, 0) is 81.8 Å². The molecule has 0 heterocycles. The monoisotopic (exact) mass is 513 g/mol. The largest absolute Gasteiger partial charge is 0.456 e. The highest BCUT2D eigenvalue weighted by atomic mass is 16.5. The van der Waals surface area contributed by atoms with Crippen LogP contribution in [0.15, 0.2) is 78.9 Å². The molecule has 0 aliphatic carbocycles. The average Bonchev–Trinajstić information content (AvgIpc) is 2.89. The number of aryl methyl sites for hydroxylation is 4. The van der Waals surface area contributed by atoms with Crippen LogP contribution in [0.2, 0.25) is 0 Å². The summed E-state index contributed by atoms with van der Waals surface area (Å²) >= 11 is 0. The van der Waals surface area contributed by atoms with Gasteiger partial charge in [0.1, 0.15) is 6.10 Å². The second-order valence-electron chi connectivity index (χ2n) is 10.5. The Labute approximate surface area is 229 Å². The number of allylic oxidation sites excluding steroid dienone is 1. The second-order valence-corrected chi connectivity index (χ2v) is 10.5. The van der Waals surface area contributed by atoms with Crippen LogP contribution < -0.4 is 0 Å². The van der Waals surface area contributed by atoms with Gasteiger partial charge in [0.15, 0.2) is 0 Å². The molecule has 0 spiro atoms. The summed E-state index contributed by atoms with van der Waals surface area (Å²) in [4.78, 5) is 15.7. The number of carbonyl (C=O) groups is 1. The number of aliphatic hydroxyl groups is 1. The number of aliphatic hydroxyl groups excluding tert-OH is 1. The van der Waals surface area contributed by atoms with Crippen molar-refractivity contribution >= 4 is 5.97 Å². The molecule has 0 bridgehead atoms. The van der Waals surface area contributed by atoms with Gasteiger partial charge < -0.3 is 9.84 Å². The Morgan fingerprint density at radius 1 is 0.895 bits per heavy atom. The Balaban J connectivity index is 2.02. The van der Waals surface area contributed by atoms with Crippen molar-refractivity contribution in [2.24, 2.45) is 5.92 Å². The smallest absolute Gasteiger partial charge is 0.312 e. The van der Waals surface area contributed by atoms with E-state index in [1.807, 2.05) is 37.3 Å². The quantitative estimate of drug-likeness (QED) is 0.218. The van der Waals surface area contributed by atoms with E-state index < -0.39 is 24.1 Å². The van der Waals surface area contributed by atoms with Crippen LogP contribution in [0.3, 0.4) is 0 Å². The predicted molar refractivity (Wildman–Crippen MR) is 156 cm³/mol. The van der Waals surface area contributed by atoms with Crippen molar-refractivity contribution in [1.82, 2.24) is 4.90 Å². The van der Waals surface area contributed by atoms with E-state index in [2.05, 4.69) is 75.9 Å². The van der Waals surface area contributed by atoms with Gasteiger partial charge in [-0.25, -0.2) is 0 Å². The molecule has 3 rings (SSSR count). The fourth-order valence-corrected chi connectivity index (χ4v) is 5.03. The SMILES string of the molecule is C/C=C/[C@@H](O)[C@H](C)C(=O)O[C@H](c1ccccc1)[C@H](C)N(Cc1ccccc1C)Cc1c(C)cc(C)cc1C. The fourth-order valence-electron chi connectivity index (χ4n) is 5.03. The molecule has 202 valence electrons. The van der Waals surface area contributed by atoms with E-state index in [9.17, 15) is 9.90 Å². The lowest BCUT2D eigenvalue weighted by Gasteiger charge is -2.36. The first kappa shape index (κ1) is 29.3. The minimum Gasteiger partial charge on any atom is -0.456 e. The molecule has 3 aromatic rings. The summed E-state index contributed by atoms with van der Waals surface area (Å²) in [5, 5.41) is 10.4. The van der Waals surface area contributed by atoms with Crippen molar-refractivity contribution in [2.75, 3.05) is 0 Å². The number of nitrogens with zero attached hydrogens (tertiary/aromatic N) is 1. The van der Waals surface area contributed by atoms with Crippen molar-refractivity contribution in [2.45, 2.75) is 79.8 Å². The summed E-state index contributed by atoms with van der Waals surface area (Å²) in [6.07, 6.45) is 1.99. The lowest BCUT2D eigenvalue weighted by atomic mass is 9.96. The maximum absolute atomic E-state index is 13.3. The topological polar surface area (TPSA) is 49.8 Å². The molecule has 0 saturated carbocycles. The molecule has 0 aromatic heterocycles. The Morgan fingerprint density at radius 3 is 2.11 bits per heavy atom. The predicted octanol–water partition coefficient (Wildman–Crippen LogP) is 7.17. The van der Waals surface area contributed by atoms with E-state index in [1.165, 1.54) is 33.4 Å². The van der Waals surface area contributed by atoms with Crippen LogP contribution in [0.4, 0.5) is 0 Å². The van der Waals surface area contributed by atoms with Gasteiger partial charge in [-0.3, -0.25) is 9.69 Å². The first-order valence-electron chi connectivity index (χ1n) is 13.5. The van der Waals surface area contributed by atoms with E-state index in [1.54, 1.807) is 19.1 Å². The fraction of sp³-hybridized carbons (Fsp3) is 0.382. The summed E-state index contributed by atoms with van der Waals surface area (Å²) in [7, 11) is 0. The van der Waals surface area contributed by atoms with Gasteiger partial charge in [-0.2, -0.15) is 0 Å². The number of benzene rings is 3. The van der Waals surface area contributed by atoms with E-state index >= 15 is 0 Å². The zero-order valence-electron chi connectivity index (χ0n) is 23.9. The lowest BCUT2D eigenvalue weighted by molar-refractivity contribution is -0.160. The summed E-state index contributed by atoms with van der Waals surface area (Å²) in [5.41, 5.74) is 8.50. The van der Waals surface area contributed by atoms with Crippen molar-refractivity contribution in [1.29, 1.82) is 0 Å². The third-order valence-corrected chi connectivity index (χ3v) is 7.50. The van der Waals surface area contributed by atoms with Crippen LogP contribution in [0.1, 0.15) is 65.8 Å². The molecular formula is C34H43NO3. The molecule has 1 N–H and O–H groups in total. The van der Waals surface area contributed by atoms with Gasteiger partial charge >= 0.3 is 5.97 Å². The Kier molecular flexibility index (Phi) is 10.5. The molecular weight excluding hydrogens is 470 g/mol. The molecule has 0 aliphatic rings. The highest BCUT2D eigenvalue weighted by Crippen LogP contribution is 2.31. The van der Waals surface area contributed by atoms with Crippen LogP contribution in [0.5, 0.6) is 0 Å². The number of hydrogen-bond acceptors (Lipinski definition) is 4. The summed E-state index contributed by atoms with van der Waals surface area (Å²) in [5.74, 6) is -1.08. The zero-order chi connectivity index (χ0) is 27.8. The lowest BCUT2D eigenvalue weighted by Crippen LogP contribution is -2.40. The zero-order valence-corrected chi connectivity index (χ0v) is 23.9. The van der Waals surface area contributed by atoms with Gasteiger partial charge in [0.05, 0.1) is 12.0 Å². The molecule has 3 aromatic carbocycles. The molecule has 0 amide bonds. The van der Waals surface area contributed by atoms with Crippen LogP contribution in [0.25, 0.3) is 0 Å². The molecule has 4 nitrogen and oxygen atoms in total. The summed E-state index contributed by atoms with van der Waals surface area (Å²) in [6, 6.07) is 22.7. The normalized spacial score (nSPS) is 14.9. The summed E-state index contributed by atoms with van der Waals surface area (Å²) < 4.78 is 6.22. The van der Waals surface area contributed by atoms with Crippen LogP contribution in [-0.4, -0.2) is 28.1 Å². The standard InChI is InChI=1S/C34H43NO3/c1-8-14-32(36)27(6)34(37)38-33(29-16-10-9-11-17-29)28(7)35(21-30-18-13-12-15-24(30)3)22-31-25(4)19-23(2)20-26(31)5/h8-20,27-28,32-33,36H,21-22H2,1-7H3/b14-8+/t27-,28-,32+,33-/m0/s1. The first-order valence-corrected chi connectivity index (χ1v) is 13.5. The number of esters is 1. The van der Waals surface area contributed by atoms with Gasteiger partial charge in [0.2, 0.25) is 0 Å². The van der Waals surface area contributed by atoms with Crippen molar-refractivity contribution in [3.05, 3.63) is 118 Å². The molecule has 0 aliphatic heterocycles. The van der Waals surface area contributed by atoms with E-state index in [0.29, 0.717) is 0 Å². The van der Waals surface area contributed by atoms with E-state index in [4.69, 9.17) is 4.74 Å². The Hall–Kier alpha value is -3.21. The molecule has 0 saturated heterocycles. The average molecular weight is 514 g/mol. The number of ether oxygens (including phenoxy) is 1. The maximum atomic E-state index is 13.3. The molecule has 0 fully saturated rings. The third kappa shape index (κ3) is 7.43. The van der Waals surface area contributed by atoms with Gasteiger partial charge in [0.25, 0.3) is 0 Å². The maximum Gasteiger partial charge on any atom is 0.312 e. The van der Waals surface area contributed by atoms with Gasteiger partial charge in [-0.15, -0.1) is 0 Å². The van der Waals surface area contributed by atoms with Gasteiger partial charge in [0, 0.05) is 19.1 Å². The molecule has 38 heavy (non-hydrogen) atoms. The number of carbonyl (C=O) groups excluding carboxylic acids is 1. The minimum atomic E-state index is -0.889. The van der Waals surface area contributed by atoms with Crippen molar-refractivity contribution < 1.29 is 14.6 Å². The highest BCUT2D eigenvalue weighted by molar-refractivity contribution is 5.73. The first-order chi connectivity index (χ1) is 18.1. The highest BCUT2D eigenvalue weighted by Gasteiger charge is 2.32. The third-order valence-electron chi connectivity index (χ3n) is 7.50. The molecule has 0 radical (unpaired) electrons. The summed E-state index contributed by atoms with van der Waals surface area (Å²) in [6.45, 7) is 15.7. The molecule has 0 unspecified atom stereocenters. The van der Waals surface area contributed by atoms with Crippen molar-refractivity contribution in [3.8, 4) is 0 Å². The number of rotatable bonds is 11. The minimum absolute atomic E-state index is 0.132. The molecule has 4 heteroatoms. The van der Waals surface area contributed by atoms with Crippen LogP contribution in [0, 0.1) is 33.6 Å². The van der Waals surface area contributed by atoms with E-state index in [-0.39, 0.29) is 6.04 Å². The van der Waals surface area contributed by atoms with E-state index in [0.717, 1.165) is 18.7 Å². The number of hydrogen-bond donors (Lipinski definition) is 1. The van der Waals surface area contributed by atoms with Gasteiger partial charge in [-0.1, -0.05) is 84.4 Å². The van der Waals surface area contributed by atoms with Crippen LogP contribution in [-0.2, 0) is 22.6 Å². The Morgan fingerprint density at radius 2 is 1.50 bits per heavy atom.